The van der Waals surface area contributed by atoms with Crippen molar-refractivity contribution in [3.63, 3.8) is 0 Å². The predicted molar refractivity (Wildman–Crippen MR) is 166 cm³/mol. The molecule has 3 fully saturated rings. The normalized spacial score (nSPS) is 26.0. The van der Waals surface area contributed by atoms with Gasteiger partial charge in [0, 0.05) is 35.6 Å². The Morgan fingerprint density at radius 2 is 1.53 bits per heavy atom. The molecule has 0 radical (unpaired) electrons. The number of aromatic amines is 1. The second kappa shape index (κ2) is 11.0. The quantitative estimate of drug-likeness (QED) is 0.186. The number of carboxylic acids is 1. The summed E-state index contributed by atoms with van der Waals surface area (Å²) in [6.07, 6.45) is 10.6. The number of nitrogens with zero attached hydrogens (tertiary/aromatic N) is 1. The number of hydrogen-bond donors (Lipinski definition) is 3. The molecule has 2 aliphatic heterocycles. The number of nitrogens with one attached hydrogen (secondary N) is 2. The number of amides is 2. The summed E-state index contributed by atoms with van der Waals surface area (Å²) in [4.78, 5) is 46.5. The SMILES string of the molecule is O=C1C2C(c3ccc(/C=C/c4ccccc4)cc3)NC(Cc3c[nH]c4ccccc34)(C(=O)O)C2C(=O)N1C1CCCCC1. The van der Waals surface area contributed by atoms with Crippen molar-refractivity contribution in [2.75, 3.05) is 0 Å². The van der Waals surface area contributed by atoms with Crippen LogP contribution in [0.4, 0.5) is 0 Å². The number of likely N-dealkylation sites (tertiary alicyclic amines) is 1. The Hall–Kier alpha value is -4.49. The standard InChI is InChI=1S/C36H35N3O4/c40-33-30-31(34(41)39(33)27-11-5-2-6-12-27)36(35(42)43,21-26-22-37-29-14-8-7-13-28(26)29)38-32(30)25-19-17-24(18-20-25)16-15-23-9-3-1-4-10-23/h1,3-4,7-10,13-20,22,27,30-32,37-38H,2,5-6,11-12,21H2,(H,42,43)/b16-15+. The van der Waals surface area contributed by atoms with Gasteiger partial charge >= 0.3 is 5.97 Å². The van der Waals surface area contributed by atoms with Crippen LogP contribution in [0, 0.1) is 11.8 Å². The van der Waals surface area contributed by atoms with Gasteiger partial charge in [0.25, 0.3) is 0 Å². The van der Waals surface area contributed by atoms with E-state index in [1.807, 2.05) is 97.2 Å². The molecule has 4 unspecified atom stereocenters. The zero-order valence-corrected chi connectivity index (χ0v) is 23.9. The lowest BCUT2D eigenvalue weighted by atomic mass is 9.76. The number of aliphatic carboxylic acids is 1. The number of imide groups is 1. The molecule has 7 nitrogen and oxygen atoms in total. The van der Waals surface area contributed by atoms with Gasteiger partial charge in [-0.1, -0.05) is 104 Å². The molecule has 1 aromatic heterocycles. The fraction of sp³-hybridized carbons (Fsp3) is 0.306. The van der Waals surface area contributed by atoms with Gasteiger partial charge in [-0.05, 0) is 41.2 Å². The van der Waals surface area contributed by atoms with Crippen LogP contribution in [0.3, 0.4) is 0 Å². The highest BCUT2D eigenvalue weighted by atomic mass is 16.4. The molecule has 3 aliphatic rings. The molecule has 1 aliphatic carbocycles. The van der Waals surface area contributed by atoms with Crippen molar-refractivity contribution >= 4 is 40.8 Å². The maximum Gasteiger partial charge on any atom is 0.325 e. The van der Waals surface area contributed by atoms with Crippen LogP contribution in [0.5, 0.6) is 0 Å². The minimum absolute atomic E-state index is 0.0828. The minimum atomic E-state index is -1.64. The van der Waals surface area contributed by atoms with Gasteiger partial charge in [0.05, 0.1) is 11.8 Å². The van der Waals surface area contributed by atoms with Crippen LogP contribution in [0.2, 0.25) is 0 Å². The second-order valence-electron chi connectivity index (χ2n) is 12.2. The van der Waals surface area contributed by atoms with Crippen molar-refractivity contribution in [3.05, 3.63) is 107 Å². The number of carbonyl (C=O) groups is 3. The van der Waals surface area contributed by atoms with Gasteiger partial charge in [0.2, 0.25) is 11.8 Å². The molecule has 43 heavy (non-hydrogen) atoms. The Morgan fingerprint density at radius 3 is 2.26 bits per heavy atom. The molecule has 2 amide bonds. The molecule has 0 spiro atoms. The topological polar surface area (TPSA) is 102 Å². The van der Waals surface area contributed by atoms with E-state index >= 15 is 0 Å². The lowest BCUT2D eigenvalue weighted by Crippen LogP contribution is -2.58. The van der Waals surface area contributed by atoms with E-state index in [9.17, 15) is 19.5 Å². The monoisotopic (exact) mass is 573 g/mol. The van der Waals surface area contributed by atoms with E-state index in [0.29, 0.717) is 0 Å². The number of carboxylic acid groups (broad SMARTS) is 1. The lowest BCUT2D eigenvalue weighted by Gasteiger charge is -2.34. The van der Waals surface area contributed by atoms with Gasteiger partial charge in [0.1, 0.15) is 5.54 Å². The smallest absolute Gasteiger partial charge is 0.325 e. The summed E-state index contributed by atoms with van der Waals surface area (Å²) in [5.74, 6) is -3.49. The Morgan fingerprint density at radius 1 is 0.860 bits per heavy atom. The van der Waals surface area contributed by atoms with Gasteiger partial charge in [0.15, 0.2) is 0 Å². The maximum atomic E-state index is 14.2. The van der Waals surface area contributed by atoms with Crippen LogP contribution in [-0.2, 0) is 20.8 Å². The average Bonchev–Trinajstić information content (AvgIpc) is 3.69. The fourth-order valence-corrected chi connectivity index (χ4v) is 7.60. The molecular formula is C36H35N3O4. The highest BCUT2D eigenvalue weighted by Gasteiger charge is 2.69. The van der Waals surface area contributed by atoms with E-state index in [-0.39, 0.29) is 24.3 Å². The van der Waals surface area contributed by atoms with E-state index in [1.165, 1.54) is 4.90 Å². The first kappa shape index (κ1) is 27.3. The fourth-order valence-electron chi connectivity index (χ4n) is 7.60. The summed E-state index contributed by atoms with van der Waals surface area (Å²) >= 11 is 0. The molecule has 3 aromatic carbocycles. The van der Waals surface area contributed by atoms with E-state index in [2.05, 4.69) is 10.3 Å². The molecule has 218 valence electrons. The highest BCUT2D eigenvalue weighted by molar-refractivity contribution is 6.10. The number of carbonyl (C=O) groups excluding carboxylic acids is 2. The molecule has 3 N–H and O–H groups in total. The van der Waals surface area contributed by atoms with Crippen LogP contribution in [0.15, 0.2) is 85.1 Å². The Bertz CT molecular complexity index is 1700. The second-order valence-corrected chi connectivity index (χ2v) is 12.2. The highest BCUT2D eigenvalue weighted by Crippen LogP contribution is 2.51. The largest absolute Gasteiger partial charge is 0.480 e. The number of fused-ring (bicyclic) bond motifs is 2. The van der Waals surface area contributed by atoms with Gasteiger partial charge < -0.3 is 10.1 Å². The van der Waals surface area contributed by atoms with E-state index in [0.717, 1.165) is 65.3 Å². The van der Waals surface area contributed by atoms with E-state index in [4.69, 9.17) is 0 Å². The molecule has 2 saturated heterocycles. The molecule has 0 bridgehead atoms. The minimum Gasteiger partial charge on any atom is -0.480 e. The van der Waals surface area contributed by atoms with Gasteiger partial charge in [-0.3, -0.25) is 24.6 Å². The molecule has 4 atom stereocenters. The van der Waals surface area contributed by atoms with Crippen molar-refractivity contribution in [3.8, 4) is 0 Å². The van der Waals surface area contributed by atoms with Crippen LogP contribution in [-0.4, -0.2) is 44.4 Å². The summed E-state index contributed by atoms with van der Waals surface area (Å²) < 4.78 is 0. The number of hydrogen-bond acceptors (Lipinski definition) is 4. The van der Waals surface area contributed by atoms with Crippen molar-refractivity contribution in [2.24, 2.45) is 11.8 Å². The average molecular weight is 574 g/mol. The van der Waals surface area contributed by atoms with Crippen molar-refractivity contribution in [1.82, 2.24) is 15.2 Å². The number of rotatable bonds is 7. The van der Waals surface area contributed by atoms with Gasteiger partial charge in [-0.2, -0.15) is 0 Å². The first-order valence-corrected chi connectivity index (χ1v) is 15.2. The van der Waals surface area contributed by atoms with Gasteiger partial charge in [-0.15, -0.1) is 0 Å². The predicted octanol–water partition coefficient (Wildman–Crippen LogP) is 5.98. The number of para-hydroxylation sites is 1. The third-order valence-corrected chi connectivity index (χ3v) is 9.72. The number of benzene rings is 3. The molecule has 7 rings (SSSR count). The van der Waals surface area contributed by atoms with Crippen LogP contribution in [0.25, 0.3) is 23.1 Å². The third kappa shape index (κ3) is 4.68. The summed E-state index contributed by atoms with van der Waals surface area (Å²) in [5, 5.41) is 15.2. The van der Waals surface area contributed by atoms with Crippen LogP contribution >= 0.6 is 0 Å². The zero-order valence-electron chi connectivity index (χ0n) is 23.9. The van der Waals surface area contributed by atoms with Gasteiger partial charge in [-0.25, -0.2) is 0 Å². The summed E-state index contributed by atoms with van der Waals surface area (Å²) in [6, 6.07) is 24.9. The van der Waals surface area contributed by atoms with E-state index in [1.54, 1.807) is 0 Å². The maximum absolute atomic E-state index is 14.2. The van der Waals surface area contributed by atoms with Crippen LogP contribution < -0.4 is 5.32 Å². The molecule has 3 heterocycles. The van der Waals surface area contributed by atoms with E-state index < -0.39 is 29.4 Å². The van der Waals surface area contributed by atoms with Crippen molar-refractivity contribution < 1.29 is 19.5 Å². The summed E-state index contributed by atoms with van der Waals surface area (Å²) in [5.41, 5.74) is 2.96. The molecule has 1 saturated carbocycles. The van der Waals surface area contributed by atoms with Crippen molar-refractivity contribution in [1.29, 1.82) is 0 Å². The Balaban J connectivity index is 1.27. The first-order chi connectivity index (χ1) is 21.0. The molecule has 7 heteroatoms. The third-order valence-electron chi connectivity index (χ3n) is 9.72. The molecule has 4 aromatic rings. The summed E-state index contributed by atoms with van der Waals surface area (Å²) in [7, 11) is 0. The molecular weight excluding hydrogens is 538 g/mol. The number of H-pyrrole nitrogens is 1. The Labute approximate surface area is 250 Å². The first-order valence-electron chi connectivity index (χ1n) is 15.2. The van der Waals surface area contributed by atoms with Crippen LogP contribution in [0.1, 0.15) is 60.4 Å². The lowest BCUT2D eigenvalue weighted by molar-refractivity contribution is -0.152. The zero-order chi connectivity index (χ0) is 29.6. The Kier molecular flexibility index (Phi) is 6.98. The summed E-state index contributed by atoms with van der Waals surface area (Å²) in [6.45, 7) is 0. The van der Waals surface area contributed by atoms with Crippen molar-refractivity contribution in [2.45, 2.75) is 56.1 Å². The number of aromatic nitrogens is 1.